The fourth-order valence-electron chi connectivity index (χ4n) is 3.31. The van der Waals surface area contributed by atoms with E-state index in [0.29, 0.717) is 23.6 Å². The van der Waals surface area contributed by atoms with E-state index in [9.17, 15) is 4.79 Å². The van der Waals surface area contributed by atoms with E-state index in [0.717, 1.165) is 13.1 Å². The molecule has 1 amide bonds. The molecule has 2 aromatic carbocycles. The number of carbonyl (C=O) groups excluding carboxylic acids is 1. The monoisotopic (exact) mass is 324 g/mol. The first-order valence-electron chi connectivity index (χ1n) is 8.16. The molecule has 4 rings (SSSR count). The Kier molecular flexibility index (Phi) is 3.86. The molecular weight excluding hydrogens is 304 g/mol. The maximum Gasteiger partial charge on any atom is 0.254 e. The fraction of sp³-hybridized carbons (Fsp3) is 0.316. The van der Waals surface area contributed by atoms with Crippen LogP contribution in [-0.2, 0) is 0 Å². The van der Waals surface area contributed by atoms with Gasteiger partial charge in [-0.15, -0.1) is 0 Å². The molecule has 1 saturated heterocycles. The summed E-state index contributed by atoms with van der Waals surface area (Å²) in [6, 6.07) is 16.0. The van der Waals surface area contributed by atoms with Crippen molar-refractivity contribution >= 4 is 5.91 Å². The highest BCUT2D eigenvalue weighted by molar-refractivity contribution is 5.95. The van der Waals surface area contributed by atoms with Crippen LogP contribution in [0.5, 0.6) is 11.5 Å². The third-order valence-corrected chi connectivity index (χ3v) is 4.74. The van der Waals surface area contributed by atoms with E-state index < -0.39 is 0 Å². The van der Waals surface area contributed by atoms with Gasteiger partial charge < -0.3 is 14.4 Å². The third-order valence-electron chi connectivity index (χ3n) is 4.74. The lowest BCUT2D eigenvalue weighted by Gasteiger charge is -2.39. The Hall–Kier alpha value is -2.53. The second-order valence-electron chi connectivity index (χ2n) is 6.23. The van der Waals surface area contributed by atoms with E-state index in [4.69, 9.17) is 9.47 Å². The van der Waals surface area contributed by atoms with Crippen LogP contribution in [0.3, 0.4) is 0 Å². The van der Waals surface area contributed by atoms with Gasteiger partial charge in [0.15, 0.2) is 11.5 Å². The number of ether oxygens (including phenoxy) is 2. The second-order valence-corrected chi connectivity index (χ2v) is 6.23. The van der Waals surface area contributed by atoms with Crippen molar-refractivity contribution in [3.8, 4) is 11.5 Å². The summed E-state index contributed by atoms with van der Waals surface area (Å²) in [4.78, 5) is 17.1. The molecule has 5 heteroatoms. The number of rotatable bonds is 2. The Morgan fingerprint density at radius 1 is 1.04 bits per heavy atom. The summed E-state index contributed by atoms with van der Waals surface area (Å²) in [5.41, 5.74) is 1.89. The number of benzene rings is 2. The highest BCUT2D eigenvalue weighted by Gasteiger charge is 2.29. The van der Waals surface area contributed by atoms with Crippen LogP contribution in [0, 0.1) is 0 Å². The molecule has 0 radical (unpaired) electrons. The van der Waals surface area contributed by atoms with E-state index in [1.807, 2.05) is 29.2 Å². The standard InChI is InChI=1S/C19H20N2O3/c1-20-9-10-21(12-16(20)14-5-3-2-4-6-14)19(22)15-7-8-17-18(11-15)24-13-23-17/h2-8,11,16H,9-10,12-13H2,1H3. The zero-order valence-corrected chi connectivity index (χ0v) is 13.6. The van der Waals surface area contributed by atoms with Crippen molar-refractivity contribution in [1.29, 1.82) is 0 Å². The molecule has 1 unspecified atom stereocenters. The molecule has 0 saturated carbocycles. The molecule has 5 nitrogen and oxygen atoms in total. The minimum absolute atomic E-state index is 0.0438. The van der Waals surface area contributed by atoms with Crippen molar-refractivity contribution in [3.05, 3.63) is 59.7 Å². The van der Waals surface area contributed by atoms with Gasteiger partial charge in [0.1, 0.15) is 0 Å². The van der Waals surface area contributed by atoms with Crippen molar-refractivity contribution in [2.24, 2.45) is 0 Å². The zero-order valence-electron chi connectivity index (χ0n) is 13.6. The average Bonchev–Trinajstić information content (AvgIpc) is 3.10. The summed E-state index contributed by atoms with van der Waals surface area (Å²) < 4.78 is 10.7. The third kappa shape index (κ3) is 2.71. The number of hydrogen-bond donors (Lipinski definition) is 0. The molecule has 124 valence electrons. The highest BCUT2D eigenvalue weighted by atomic mass is 16.7. The van der Waals surface area contributed by atoms with Gasteiger partial charge in [0, 0.05) is 25.2 Å². The summed E-state index contributed by atoms with van der Waals surface area (Å²) in [6.45, 7) is 2.49. The van der Waals surface area contributed by atoms with Crippen LogP contribution >= 0.6 is 0 Å². The molecule has 0 spiro atoms. The lowest BCUT2D eigenvalue weighted by atomic mass is 10.0. The summed E-state index contributed by atoms with van der Waals surface area (Å²) in [5, 5.41) is 0. The van der Waals surface area contributed by atoms with Gasteiger partial charge in [-0.2, -0.15) is 0 Å². The Bertz CT molecular complexity index is 748. The van der Waals surface area contributed by atoms with E-state index in [1.54, 1.807) is 12.1 Å². The first-order valence-corrected chi connectivity index (χ1v) is 8.16. The van der Waals surface area contributed by atoms with Crippen molar-refractivity contribution in [2.75, 3.05) is 33.5 Å². The normalized spacial score (nSPS) is 20.2. The molecular formula is C19H20N2O3. The average molecular weight is 324 g/mol. The van der Waals surface area contributed by atoms with E-state index >= 15 is 0 Å². The van der Waals surface area contributed by atoms with Gasteiger partial charge in [-0.3, -0.25) is 9.69 Å². The second kappa shape index (κ2) is 6.17. The van der Waals surface area contributed by atoms with Crippen LogP contribution in [0.25, 0.3) is 0 Å². The topological polar surface area (TPSA) is 42.0 Å². The maximum absolute atomic E-state index is 12.9. The largest absolute Gasteiger partial charge is 0.454 e. The quantitative estimate of drug-likeness (QED) is 0.851. The van der Waals surface area contributed by atoms with Crippen LogP contribution in [0.15, 0.2) is 48.5 Å². The van der Waals surface area contributed by atoms with E-state index in [-0.39, 0.29) is 18.7 Å². The van der Waals surface area contributed by atoms with E-state index in [1.165, 1.54) is 5.56 Å². The molecule has 2 aliphatic rings. The first-order chi connectivity index (χ1) is 11.7. The van der Waals surface area contributed by atoms with Gasteiger partial charge in [0.05, 0.1) is 6.04 Å². The van der Waals surface area contributed by atoms with Gasteiger partial charge in [-0.05, 0) is 30.8 Å². The Labute approximate surface area is 141 Å². The predicted molar refractivity (Wildman–Crippen MR) is 90.3 cm³/mol. The molecule has 2 heterocycles. The van der Waals surface area contributed by atoms with Crippen LogP contribution in [0.4, 0.5) is 0 Å². The summed E-state index contributed by atoms with van der Waals surface area (Å²) in [7, 11) is 2.11. The van der Waals surface area contributed by atoms with Crippen LogP contribution in [0.1, 0.15) is 22.0 Å². The molecule has 1 atom stereocenters. The molecule has 0 bridgehead atoms. The molecule has 1 fully saturated rings. The number of piperazine rings is 1. The van der Waals surface area contributed by atoms with Crippen LogP contribution in [-0.4, -0.2) is 49.2 Å². The van der Waals surface area contributed by atoms with Crippen molar-refractivity contribution < 1.29 is 14.3 Å². The molecule has 0 aliphatic carbocycles. The number of hydrogen-bond acceptors (Lipinski definition) is 4. The smallest absolute Gasteiger partial charge is 0.254 e. The van der Waals surface area contributed by atoms with Crippen LogP contribution < -0.4 is 9.47 Å². The van der Waals surface area contributed by atoms with E-state index in [2.05, 4.69) is 24.1 Å². The minimum Gasteiger partial charge on any atom is -0.454 e. The van der Waals surface area contributed by atoms with Gasteiger partial charge in [-0.1, -0.05) is 30.3 Å². The lowest BCUT2D eigenvalue weighted by Crippen LogP contribution is -2.49. The van der Waals surface area contributed by atoms with Crippen molar-refractivity contribution in [1.82, 2.24) is 9.80 Å². The van der Waals surface area contributed by atoms with Crippen LogP contribution in [0.2, 0.25) is 0 Å². The zero-order chi connectivity index (χ0) is 16.5. The fourth-order valence-corrected chi connectivity index (χ4v) is 3.31. The predicted octanol–water partition coefficient (Wildman–Crippen LogP) is 2.54. The molecule has 2 aliphatic heterocycles. The Morgan fingerprint density at radius 2 is 1.83 bits per heavy atom. The first kappa shape index (κ1) is 15.0. The summed E-state index contributed by atoms with van der Waals surface area (Å²) in [5.74, 6) is 1.39. The number of carbonyl (C=O) groups is 1. The Balaban J connectivity index is 1.54. The Morgan fingerprint density at radius 3 is 2.67 bits per heavy atom. The molecule has 0 N–H and O–H groups in total. The lowest BCUT2D eigenvalue weighted by molar-refractivity contribution is 0.0546. The van der Waals surface area contributed by atoms with Crippen molar-refractivity contribution in [3.63, 3.8) is 0 Å². The number of fused-ring (bicyclic) bond motifs is 1. The van der Waals surface area contributed by atoms with Gasteiger partial charge in [0.25, 0.3) is 5.91 Å². The molecule has 0 aromatic heterocycles. The summed E-state index contributed by atoms with van der Waals surface area (Å²) >= 11 is 0. The van der Waals surface area contributed by atoms with Gasteiger partial charge >= 0.3 is 0 Å². The molecule has 24 heavy (non-hydrogen) atoms. The number of likely N-dealkylation sites (N-methyl/N-ethyl adjacent to an activating group) is 1. The molecule has 2 aromatic rings. The van der Waals surface area contributed by atoms with Gasteiger partial charge in [-0.25, -0.2) is 0 Å². The maximum atomic E-state index is 12.9. The van der Waals surface area contributed by atoms with Crippen molar-refractivity contribution in [2.45, 2.75) is 6.04 Å². The summed E-state index contributed by atoms with van der Waals surface area (Å²) in [6.07, 6.45) is 0. The number of amides is 1. The van der Waals surface area contributed by atoms with Gasteiger partial charge in [0.2, 0.25) is 6.79 Å². The number of nitrogens with zero attached hydrogens (tertiary/aromatic N) is 2. The SMILES string of the molecule is CN1CCN(C(=O)c2ccc3c(c2)OCO3)CC1c1ccccc1. The highest BCUT2D eigenvalue weighted by Crippen LogP contribution is 2.33. The minimum atomic E-state index is 0.0438.